The van der Waals surface area contributed by atoms with Gasteiger partial charge < -0.3 is 15.4 Å². The van der Waals surface area contributed by atoms with Crippen molar-refractivity contribution in [3.63, 3.8) is 0 Å². The van der Waals surface area contributed by atoms with Crippen LogP contribution in [0.3, 0.4) is 0 Å². The number of aromatic nitrogens is 2. The van der Waals surface area contributed by atoms with Crippen molar-refractivity contribution in [2.75, 3.05) is 32.5 Å². The summed E-state index contributed by atoms with van der Waals surface area (Å²) in [5.74, 6) is 0. The first-order chi connectivity index (χ1) is 7.75. The average Bonchev–Trinajstić information content (AvgIpc) is 2.73. The Morgan fingerprint density at radius 1 is 1.56 bits per heavy atom. The van der Waals surface area contributed by atoms with Crippen LogP contribution in [0.4, 0.5) is 5.69 Å². The zero-order chi connectivity index (χ0) is 11.4. The molecule has 0 bridgehead atoms. The van der Waals surface area contributed by atoms with E-state index in [1.807, 2.05) is 10.9 Å². The van der Waals surface area contributed by atoms with E-state index in [0.717, 1.165) is 44.8 Å². The summed E-state index contributed by atoms with van der Waals surface area (Å²) in [6.45, 7) is 3.68. The average molecular weight is 224 g/mol. The molecule has 0 unspecified atom stereocenters. The number of ether oxygens (including phenoxy) is 1. The molecule has 2 rings (SSSR count). The zero-order valence-corrected chi connectivity index (χ0v) is 9.80. The van der Waals surface area contributed by atoms with E-state index in [2.05, 4.69) is 17.0 Å². The Labute approximate surface area is 96.2 Å². The lowest BCUT2D eigenvalue weighted by atomic mass is 10.1. The number of rotatable bonds is 4. The quantitative estimate of drug-likeness (QED) is 0.812. The van der Waals surface area contributed by atoms with Gasteiger partial charge in [0.1, 0.15) is 0 Å². The largest absolute Gasteiger partial charge is 0.396 e. The third-order valence-electron chi connectivity index (χ3n) is 3.15. The van der Waals surface area contributed by atoms with Crippen molar-refractivity contribution in [3.8, 4) is 0 Å². The summed E-state index contributed by atoms with van der Waals surface area (Å²) in [5.41, 5.74) is 6.34. The summed E-state index contributed by atoms with van der Waals surface area (Å²) in [6.07, 6.45) is 5.84. The highest BCUT2D eigenvalue weighted by molar-refractivity contribution is 5.30. The van der Waals surface area contributed by atoms with Crippen molar-refractivity contribution in [1.82, 2.24) is 14.7 Å². The standard InChI is InChI=1S/C11H20N4O/c1-14(11-2-6-16-7-3-11)4-5-15-9-10(12)8-13-15/h8-9,11H,2-7,12H2,1H3. The maximum atomic E-state index is 5.61. The van der Waals surface area contributed by atoms with E-state index < -0.39 is 0 Å². The van der Waals surface area contributed by atoms with Gasteiger partial charge in [-0.2, -0.15) is 5.10 Å². The zero-order valence-electron chi connectivity index (χ0n) is 9.80. The molecule has 1 saturated heterocycles. The molecule has 1 fully saturated rings. The third kappa shape index (κ3) is 2.96. The second-order valence-corrected chi connectivity index (χ2v) is 4.36. The molecule has 2 heterocycles. The number of nitrogens with zero attached hydrogens (tertiary/aromatic N) is 3. The molecule has 2 N–H and O–H groups in total. The Balaban J connectivity index is 1.76. The fourth-order valence-corrected chi connectivity index (χ4v) is 2.07. The summed E-state index contributed by atoms with van der Waals surface area (Å²) in [6, 6.07) is 0.654. The maximum absolute atomic E-state index is 5.61. The minimum Gasteiger partial charge on any atom is -0.396 e. The SMILES string of the molecule is CN(CCn1cc(N)cn1)C1CCOCC1. The number of nitrogens with two attached hydrogens (primary N) is 1. The molecule has 0 aliphatic carbocycles. The van der Waals surface area contributed by atoms with Gasteiger partial charge in [0, 0.05) is 32.0 Å². The molecule has 5 heteroatoms. The van der Waals surface area contributed by atoms with Crippen LogP contribution in [0.1, 0.15) is 12.8 Å². The minimum absolute atomic E-state index is 0.654. The topological polar surface area (TPSA) is 56.3 Å². The molecule has 5 nitrogen and oxygen atoms in total. The minimum atomic E-state index is 0.654. The van der Waals surface area contributed by atoms with Gasteiger partial charge in [-0.25, -0.2) is 0 Å². The summed E-state index contributed by atoms with van der Waals surface area (Å²) >= 11 is 0. The van der Waals surface area contributed by atoms with E-state index in [0.29, 0.717) is 6.04 Å². The highest BCUT2D eigenvalue weighted by atomic mass is 16.5. The van der Waals surface area contributed by atoms with Crippen molar-refractivity contribution in [3.05, 3.63) is 12.4 Å². The van der Waals surface area contributed by atoms with E-state index >= 15 is 0 Å². The van der Waals surface area contributed by atoms with E-state index in [1.54, 1.807) is 6.20 Å². The van der Waals surface area contributed by atoms with Gasteiger partial charge in [-0.05, 0) is 19.9 Å². The van der Waals surface area contributed by atoms with Crippen LogP contribution in [0.15, 0.2) is 12.4 Å². The molecule has 0 radical (unpaired) electrons. The summed E-state index contributed by atoms with van der Waals surface area (Å²) in [4.78, 5) is 2.39. The molecule has 0 saturated carbocycles. The number of hydrogen-bond acceptors (Lipinski definition) is 4. The number of likely N-dealkylation sites (N-methyl/N-ethyl adjacent to an activating group) is 1. The van der Waals surface area contributed by atoms with Crippen molar-refractivity contribution in [2.45, 2.75) is 25.4 Å². The number of hydrogen-bond donors (Lipinski definition) is 1. The first kappa shape index (κ1) is 11.4. The van der Waals surface area contributed by atoms with Gasteiger partial charge in [0.2, 0.25) is 0 Å². The van der Waals surface area contributed by atoms with E-state index in [9.17, 15) is 0 Å². The van der Waals surface area contributed by atoms with Crippen molar-refractivity contribution in [2.24, 2.45) is 0 Å². The van der Waals surface area contributed by atoms with Crippen molar-refractivity contribution in [1.29, 1.82) is 0 Å². The predicted octanol–water partition coefficient (Wildman–Crippen LogP) is 0.576. The second-order valence-electron chi connectivity index (χ2n) is 4.36. The fourth-order valence-electron chi connectivity index (χ4n) is 2.07. The van der Waals surface area contributed by atoms with Gasteiger partial charge in [-0.15, -0.1) is 0 Å². The predicted molar refractivity (Wildman–Crippen MR) is 63.1 cm³/mol. The highest BCUT2D eigenvalue weighted by Gasteiger charge is 2.17. The van der Waals surface area contributed by atoms with E-state index in [4.69, 9.17) is 10.5 Å². The Morgan fingerprint density at radius 2 is 2.31 bits per heavy atom. The molecule has 1 aliphatic heterocycles. The first-order valence-electron chi connectivity index (χ1n) is 5.81. The lowest BCUT2D eigenvalue weighted by Gasteiger charge is -2.31. The summed E-state index contributed by atoms with van der Waals surface area (Å²) in [5, 5.41) is 4.17. The highest BCUT2D eigenvalue weighted by Crippen LogP contribution is 2.12. The Morgan fingerprint density at radius 3 is 2.94 bits per heavy atom. The van der Waals surface area contributed by atoms with Gasteiger partial charge in [-0.3, -0.25) is 4.68 Å². The lowest BCUT2D eigenvalue weighted by Crippen LogP contribution is -2.38. The molecule has 0 spiro atoms. The Hall–Kier alpha value is -1.07. The van der Waals surface area contributed by atoms with E-state index in [1.165, 1.54) is 0 Å². The van der Waals surface area contributed by atoms with Crippen LogP contribution in [0.25, 0.3) is 0 Å². The summed E-state index contributed by atoms with van der Waals surface area (Å²) in [7, 11) is 2.17. The van der Waals surface area contributed by atoms with Crippen LogP contribution in [-0.4, -0.2) is 47.5 Å². The molecule has 0 aromatic carbocycles. The Bertz CT molecular complexity index is 320. The van der Waals surface area contributed by atoms with Crippen LogP contribution < -0.4 is 5.73 Å². The van der Waals surface area contributed by atoms with Gasteiger partial charge in [0.15, 0.2) is 0 Å². The van der Waals surface area contributed by atoms with Gasteiger partial charge in [0.05, 0.1) is 18.4 Å². The molecular weight excluding hydrogens is 204 g/mol. The molecule has 16 heavy (non-hydrogen) atoms. The molecular formula is C11H20N4O. The van der Waals surface area contributed by atoms with Crippen molar-refractivity contribution < 1.29 is 4.74 Å². The Kier molecular flexibility index (Phi) is 3.79. The number of nitrogen functional groups attached to an aromatic ring is 1. The first-order valence-corrected chi connectivity index (χ1v) is 5.81. The fraction of sp³-hybridized carbons (Fsp3) is 0.727. The molecule has 1 aliphatic rings. The second kappa shape index (κ2) is 5.32. The smallest absolute Gasteiger partial charge is 0.0719 e. The molecule has 0 amide bonds. The van der Waals surface area contributed by atoms with E-state index in [-0.39, 0.29) is 0 Å². The van der Waals surface area contributed by atoms with Gasteiger partial charge >= 0.3 is 0 Å². The van der Waals surface area contributed by atoms with Crippen LogP contribution in [0, 0.1) is 0 Å². The van der Waals surface area contributed by atoms with Crippen LogP contribution in [-0.2, 0) is 11.3 Å². The third-order valence-corrected chi connectivity index (χ3v) is 3.15. The van der Waals surface area contributed by atoms with Crippen LogP contribution in [0.2, 0.25) is 0 Å². The molecule has 1 aromatic rings. The normalized spacial score (nSPS) is 18.1. The van der Waals surface area contributed by atoms with Crippen LogP contribution >= 0.6 is 0 Å². The summed E-state index contributed by atoms with van der Waals surface area (Å²) < 4.78 is 7.25. The van der Waals surface area contributed by atoms with Crippen LogP contribution in [0.5, 0.6) is 0 Å². The monoisotopic (exact) mass is 224 g/mol. The van der Waals surface area contributed by atoms with Gasteiger partial charge in [-0.1, -0.05) is 0 Å². The molecule has 0 atom stereocenters. The number of anilines is 1. The molecule has 90 valence electrons. The van der Waals surface area contributed by atoms with Gasteiger partial charge in [0.25, 0.3) is 0 Å². The van der Waals surface area contributed by atoms with Crippen molar-refractivity contribution >= 4 is 5.69 Å². The maximum Gasteiger partial charge on any atom is 0.0719 e. The lowest BCUT2D eigenvalue weighted by molar-refractivity contribution is 0.0418. The molecule has 1 aromatic heterocycles.